The van der Waals surface area contributed by atoms with Gasteiger partial charge in [0.25, 0.3) is 0 Å². The molecule has 0 unspecified atom stereocenters. The van der Waals surface area contributed by atoms with Crippen molar-refractivity contribution in [2.75, 3.05) is 44.7 Å². The number of hydrogen-bond acceptors (Lipinski definition) is 5. The Balaban J connectivity index is 1.57. The van der Waals surface area contributed by atoms with E-state index in [1.165, 1.54) is 52.4 Å². The van der Waals surface area contributed by atoms with Gasteiger partial charge in [0.1, 0.15) is 0 Å². The molecule has 0 saturated carbocycles. The molecule has 0 atom stereocenters. The molecule has 0 N–H and O–H groups in total. The Morgan fingerprint density at radius 2 is 1.93 bits per heavy atom. The number of hydrogen-bond donors (Lipinski definition) is 0. The highest BCUT2D eigenvalue weighted by molar-refractivity contribution is 9.10. The first-order valence-electron chi connectivity index (χ1n) is 9.80. The van der Waals surface area contributed by atoms with Crippen molar-refractivity contribution in [1.82, 2.24) is 9.88 Å². The normalized spacial score (nSPS) is 19.0. The highest BCUT2D eigenvalue weighted by Crippen LogP contribution is 2.32. The number of methoxy groups -OCH3 is 1. The first kappa shape index (κ1) is 18.7. The lowest BCUT2D eigenvalue weighted by Gasteiger charge is -2.35. The molecule has 144 valence electrons. The maximum absolute atomic E-state index is 12.1. The largest absolute Gasteiger partial charge is 0.464 e. The lowest BCUT2D eigenvalue weighted by molar-refractivity contribution is 0.0594. The van der Waals surface area contributed by atoms with Crippen molar-refractivity contribution in [2.45, 2.75) is 25.7 Å². The fourth-order valence-electron chi connectivity index (χ4n) is 4.34. The molecule has 0 aliphatic carbocycles. The monoisotopic (exact) mass is 431 g/mol. The molecule has 6 heteroatoms. The summed E-state index contributed by atoms with van der Waals surface area (Å²) >= 11 is 3.57. The smallest absolute Gasteiger partial charge is 0.356 e. The van der Waals surface area contributed by atoms with Crippen molar-refractivity contribution < 1.29 is 9.53 Å². The minimum Gasteiger partial charge on any atom is -0.464 e. The van der Waals surface area contributed by atoms with Crippen LogP contribution in [-0.2, 0) is 4.74 Å². The van der Waals surface area contributed by atoms with Crippen LogP contribution in [0.2, 0.25) is 0 Å². The summed E-state index contributed by atoms with van der Waals surface area (Å²) < 4.78 is 5.93. The fraction of sp³-hybridized carbons (Fsp3) is 0.524. The van der Waals surface area contributed by atoms with Crippen LogP contribution in [0.25, 0.3) is 10.9 Å². The van der Waals surface area contributed by atoms with E-state index in [1.54, 1.807) is 0 Å². The highest BCUT2D eigenvalue weighted by Gasteiger charge is 2.25. The van der Waals surface area contributed by atoms with Crippen molar-refractivity contribution in [2.24, 2.45) is 5.92 Å². The van der Waals surface area contributed by atoms with E-state index in [9.17, 15) is 4.79 Å². The third-order valence-corrected chi connectivity index (χ3v) is 6.31. The van der Waals surface area contributed by atoms with Gasteiger partial charge >= 0.3 is 5.97 Å². The zero-order valence-corrected chi connectivity index (χ0v) is 17.4. The van der Waals surface area contributed by atoms with E-state index in [-0.39, 0.29) is 5.97 Å². The van der Waals surface area contributed by atoms with Gasteiger partial charge in [-0.3, -0.25) is 0 Å². The summed E-state index contributed by atoms with van der Waals surface area (Å²) in [5.41, 5.74) is 2.29. The molecule has 1 aromatic heterocycles. The predicted octanol–water partition coefficient (Wildman–Crippen LogP) is 4.10. The van der Waals surface area contributed by atoms with Gasteiger partial charge in [0.15, 0.2) is 5.69 Å². The number of aromatic nitrogens is 1. The summed E-state index contributed by atoms with van der Waals surface area (Å²) in [5.74, 6) is 0.393. The van der Waals surface area contributed by atoms with Crippen molar-refractivity contribution in [3.63, 3.8) is 0 Å². The van der Waals surface area contributed by atoms with Crippen LogP contribution >= 0.6 is 15.9 Å². The number of fused-ring (bicyclic) bond motifs is 1. The van der Waals surface area contributed by atoms with E-state index in [1.807, 2.05) is 18.2 Å². The molecule has 2 saturated heterocycles. The Kier molecular flexibility index (Phi) is 5.64. The molecule has 3 heterocycles. The van der Waals surface area contributed by atoms with Gasteiger partial charge in [-0.2, -0.15) is 0 Å². The number of esters is 1. The first-order valence-corrected chi connectivity index (χ1v) is 10.6. The number of halogens is 1. The van der Waals surface area contributed by atoms with Crippen molar-refractivity contribution in [3.05, 3.63) is 34.4 Å². The number of carbonyl (C=O) groups excluding carboxylic acids is 1. The van der Waals surface area contributed by atoms with E-state index >= 15 is 0 Å². The van der Waals surface area contributed by atoms with Crippen LogP contribution in [0.15, 0.2) is 28.7 Å². The van der Waals surface area contributed by atoms with Gasteiger partial charge < -0.3 is 14.5 Å². The minimum absolute atomic E-state index is 0.376. The molecule has 0 radical (unpaired) electrons. The van der Waals surface area contributed by atoms with Gasteiger partial charge in [-0.1, -0.05) is 15.9 Å². The first-order chi connectivity index (χ1) is 13.1. The zero-order chi connectivity index (χ0) is 18.8. The average molecular weight is 432 g/mol. The second kappa shape index (κ2) is 8.15. The van der Waals surface area contributed by atoms with E-state index < -0.39 is 0 Å². The Morgan fingerprint density at radius 3 is 2.63 bits per heavy atom. The Hall–Kier alpha value is -1.66. The van der Waals surface area contributed by atoms with Gasteiger partial charge in [0, 0.05) is 35.2 Å². The third kappa shape index (κ3) is 4.11. The van der Waals surface area contributed by atoms with E-state index in [4.69, 9.17) is 4.74 Å². The minimum atomic E-state index is -0.384. The number of benzene rings is 1. The molecule has 5 nitrogen and oxygen atoms in total. The number of pyridine rings is 1. The van der Waals surface area contributed by atoms with Crippen LogP contribution in [0, 0.1) is 5.92 Å². The number of carbonyl (C=O) groups is 1. The molecule has 2 aromatic rings. The Morgan fingerprint density at radius 1 is 1.19 bits per heavy atom. The van der Waals surface area contributed by atoms with E-state index in [0.717, 1.165) is 40.1 Å². The van der Waals surface area contributed by atoms with Gasteiger partial charge in [0.05, 0.1) is 12.6 Å². The quantitative estimate of drug-likeness (QED) is 0.681. The summed E-state index contributed by atoms with van der Waals surface area (Å²) in [5, 5.41) is 1.08. The highest BCUT2D eigenvalue weighted by atomic mass is 79.9. The van der Waals surface area contributed by atoms with Crippen molar-refractivity contribution >= 4 is 38.5 Å². The third-order valence-electron chi connectivity index (χ3n) is 5.81. The fourth-order valence-corrected chi connectivity index (χ4v) is 4.70. The number of likely N-dealkylation sites (tertiary alicyclic amines) is 1. The zero-order valence-electron chi connectivity index (χ0n) is 15.8. The molecule has 0 bridgehead atoms. The van der Waals surface area contributed by atoms with Crippen LogP contribution in [0.3, 0.4) is 0 Å². The lowest BCUT2D eigenvalue weighted by Crippen LogP contribution is -2.38. The summed E-state index contributed by atoms with van der Waals surface area (Å²) in [4.78, 5) is 21.6. The Labute approximate surface area is 168 Å². The van der Waals surface area contributed by atoms with Crippen molar-refractivity contribution in [1.29, 1.82) is 0 Å². The maximum atomic E-state index is 12.1. The number of rotatable bonds is 4. The molecule has 2 aliphatic rings. The molecule has 1 aromatic carbocycles. The van der Waals surface area contributed by atoms with Crippen LogP contribution < -0.4 is 4.90 Å². The molecule has 2 fully saturated rings. The predicted molar refractivity (Wildman–Crippen MR) is 111 cm³/mol. The summed E-state index contributed by atoms with van der Waals surface area (Å²) in [7, 11) is 1.40. The number of nitrogens with zero attached hydrogens (tertiary/aromatic N) is 3. The summed E-state index contributed by atoms with van der Waals surface area (Å²) in [6.07, 6.45) is 5.10. The van der Waals surface area contributed by atoms with Crippen LogP contribution in [0.4, 0.5) is 5.69 Å². The van der Waals surface area contributed by atoms with Gasteiger partial charge in [-0.25, -0.2) is 9.78 Å². The van der Waals surface area contributed by atoms with Crippen LogP contribution in [0.1, 0.15) is 36.2 Å². The van der Waals surface area contributed by atoms with Crippen molar-refractivity contribution in [3.8, 4) is 0 Å². The summed E-state index contributed by atoms with van der Waals surface area (Å²) in [6.45, 7) is 5.82. The second-order valence-electron chi connectivity index (χ2n) is 7.62. The molecule has 27 heavy (non-hydrogen) atoms. The number of ether oxygens (including phenoxy) is 1. The molecular formula is C21H26BrN3O2. The number of anilines is 1. The average Bonchev–Trinajstić information content (AvgIpc) is 3.20. The standard InChI is InChI=1S/C21H26BrN3O2/c1-27-21(26)19-13-20(17-12-16(22)4-5-18(17)23-19)25-10-6-15(7-11-25)14-24-8-2-3-9-24/h4-5,12-13,15H,2-3,6-11,14H2,1H3. The van der Waals surface area contributed by atoms with Crippen LogP contribution in [0.5, 0.6) is 0 Å². The molecule has 4 rings (SSSR count). The van der Waals surface area contributed by atoms with Gasteiger partial charge in [-0.15, -0.1) is 0 Å². The molecule has 0 amide bonds. The van der Waals surface area contributed by atoms with Crippen LogP contribution in [-0.4, -0.2) is 55.7 Å². The topological polar surface area (TPSA) is 45.7 Å². The summed E-state index contributed by atoms with van der Waals surface area (Å²) in [6, 6.07) is 7.90. The maximum Gasteiger partial charge on any atom is 0.356 e. The molecular weight excluding hydrogens is 406 g/mol. The second-order valence-corrected chi connectivity index (χ2v) is 8.53. The van der Waals surface area contributed by atoms with E-state index in [0.29, 0.717) is 5.69 Å². The lowest BCUT2D eigenvalue weighted by atomic mass is 9.95. The van der Waals surface area contributed by atoms with Gasteiger partial charge in [0.2, 0.25) is 0 Å². The van der Waals surface area contributed by atoms with E-state index in [2.05, 4.69) is 36.8 Å². The molecule has 0 spiro atoms. The Bertz CT molecular complexity index is 828. The molecule has 2 aliphatic heterocycles. The van der Waals surface area contributed by atoms with Gasteiger partial charge in [-0.05, 0) is 69.0 Å². The number of piperidine rings is 1. The SMILES string of the molecule is COC(=O)c1cc(N2CCC(CN3CCCC3)CC2)c2cc(Br)ccc2n1.